The molecule has 1 aliphatic carbocycles. The highest BCUT2D eigenvalue weighted by atomic mass is 19.1. The van der Waals surface area contributed by atoms with Crippen molar-refractivity contribution in [2.75, 3.05) is 17.2 Å². The van der Waals surface area contributed by atoms with E-state index in [4.69, 9.17) is 0 Å². The number of pyridine rings is 1. The van der Waals surface area contributed by atoms with Gasteiger partial charge in [0.15, 0.2) is 0 Å². The Kier molecular flexibility index (Phi) is 5.60. The first-order valence-electron chi connectivity index (χ1n) is 10.1. The molecule has 1 saturated carbocycles. The maximum atomic E-state index is 14.5. The summed E-state index contributed by atoms with van der Waals surface area (Å²) in [6, 6.07) is 13.0. The predicted octanol–water partition coefficient (Wildman–Crippen LogP) is 5.22. The second-order valence-electron chi connectivity index (χ2n) is 7.42. The number of nitrogens with zero attached hydrogens (tertiary/aromatic N) is 1. The highest BCUT2D eigenvalue weighted by Crippen LogP contribution is 2.33. The SMILES string of the molecule is CCCCNc1cc2c(Nc3ccccc3)c(C(=O)NC3CC3)cnc2cc1F. The van der Waals surface area contributed by atoms with E-state index in [2.05, 4.69) is 27.9 Å². The minimum Gasteiger partial charge on any atom is -0.383 e. The Morgan fingerprint density at radius 2 is 2.00 bits per heavy atom. The Morgan fingerprint density at radius 1 is 1.21 bits per heavy atom. The summed E-state index contributed by atoms with van der Waals surface area (Å²) in [4.78, 5) is 17.2. The van der Waals surface area contributed by atoms with E-state index in [1.54, 1.807) is 6.07 Å². The van der Waals surface area contributed by atoms with Gasteiger partial charge in [-0.1, -0.05) is 31.5 Å². The summed E-state index contributed by atoms with van der Waals surface area (Å²) in [5.74, 6) is -0.507. The summed E-state index contributed by atoms with van der Waals surface area (Å²) in [5, 5.41) is 10.2. The second kappa shape index (κ2) is 8.47. The lowest BCUT2D eigenvalue weighted by atomic mass is 10.1. The largest absolute Gasteiger partial charge is 0.383 e. The fourth-order valence-electron chi connectivity index (χ4n) is 3.21. The van der Waals surface area contributed by atoms with Gasteiger partial charge >= 0.3 is 0 Å². The number of carbonyl (C=O) groups is 1. The molecule has 5 nitrogen and oxygen atoms in total. The van der Waals surface area contributed by atoms with Gasteiger partial charge < -0.3 is 16.0 Å². The van der Waals surface area contributed by atoms with Crippen molar-refractivity contribution in [3.63, 3.8) is 0 Å². The van der Waals surface area contributed by atoms with E-state index in [-0.39, 0.29) is 17.8 Å². The molecule has 2 aromatic carbocycles. The number of nitrogens with one attached hydrogen (secondary N) is 3. The van der Waals surface area contributed by atoms with Gasteiger partial charge in [0.1, 0.15) is 5.82 Å². The van der Waals surface area contributed by atoms with Crippen LogP contribution in [0.4, 0.5) is 21.5 Å². The fourth-order valence-corrected chi connectivity index (χ4v) is 3.21. The fraction of sp³-hybridized carbons (Fsp3) is 0.304. The molecule has 0 atom stereocenters. The molecule has 1 heterocycles. The molecule has 1 aliphatic rings. The molecule has 4 rings (SSSR count). The van der Waals surface area contributed by atoms with E-state index in [0.717, 1.165) is 31.4 Å². The van der Waals surface area contributed by atoms with Gasteiger partial charge in [-0.2, -0.15) is 0 Å². The van der Waals surface area contributed by atoms with E-state index in [1.165, 1.54) is 12.3 Å². The van der Waals surface area contributed by atoms with Crippen LogP contribution in [0.25, 0.3) is 10.9 Å². The maximum Gasteiger partial charge on any atom is 0.255 e. The number of aromatic nitrogens is 1. The number of benzene rings is 2. The van der Waals surface area contributed by atoms with Gasteiger partial charge in [0.25, 0.3) is 5.91 Å². The lowest BCUT2D eigenvalue weighted by Crippen LogP contribution is -2.26. The molecule has 29 heavy (non-hydrogen) atoms. The molecule has 0 saturated heterocycles. The van der Waals surface area contributed by atoms with Crippen LogP contribution in [0.3, 0.4) is 0 Å². The second-order valence-corrected chi connectivity index (χ2v) is 7.42. The third-order valence-electron chi connectivity index (χ3n) is 5.00. The average Bonchev–Trinajstić information content (AvgIpc) is 3.53. The summed E-state index contributed by atoms with van der Waals surface area (Å²) in [6.45, 7) is 2.78. The van der Waals surface area contributed by atoms with Crippen molar-refractivity contribution in [1.82, 2.24) is 10.3 Å². The number of halogens is 1. The zero-order valence-corrected chi connectivity index (χ0v) is 16.5. The van der Waals surface area contributed by atoms with Crippen LogP contribution in [-0.4, -0.2) is 23.5 Å². The Bertz CT molecular complexity index is 1020. The van der Waals surface area contributed by atoms with Gasteiger partial charge in [-0.3, -0.25) is 9.78 Å². The number of carbonyl (C=O) groups excluding carboxylic acids is 1. The Labute approximate surface area is 169 Å². The molecule has 0 unspecified atom stereocenters. The van der Waals surface area contributed by atoms with Gasteiger partial charge in [-0.15, -0.1) is 0 Å². The Hall–Kier alpha value is -3.15. The molecule has 3 aromatic rings. The number of rotatable bonds is 8. The normalized spacial score (nSPS) is 13.3. The van der Waals surface area contributed by atoms with Gasteiger partial charge in [0.05, 0.1) is 22.5 Å². The molecule has 1 amide bonds. The average molecular weight is 392 g/mol. The van der Waals surface area contributed by atoms with Crippen molar-refractivity contribution < 1.29 is 9.18 Å². The number of para-hydroxylation sites is 1. The summed E-state index contributed by atoms with van der Waals surface area (Å²) in [5.41, 5.74) is 2.87. The van der Waals surface area contributed by atoms with Gasteiger partial charge in [0.2, 0.25) is 0 Å². The third-order valence-corrected chi connectivity index (χ3v) is 5.00. The van der Waals surface area contributed by atoms with Crippen LogP contribution in [0, 0.1) is 5.82 Å². The molecule has 1 fully saturated rings. The number of anilines is 3. The minimum absolute atomic E-state index is 0.162. The zero-order chi connectivity index (χ0) is 20.2. The summed E-state index contributed by atoms with van der Waals surface area (Å²) in [7, 11) is 0. The quantitative estimate of drug-likeness (QED) is 0.460. The topological polar surface area (TPSA) is 66.0 Å². The monoisotopic (exact) mass is 392 g/mol. The van der Waals surface area contributed by atoms with Gasteiger partial charge in [0, 0.05) is 35.9 Å². The number of hydrogen-bond acceptors (Lipinski definition) is 4. The zero-order valence-electron chi connectivity index (χ0n) is 16.5. The van der Waals surface area contributed by atoms with E-state index < -0.39 is 0 Å². The van der Waals surface area contributed by atoms with E-state index in [9.17, 15) is 9.18 Å². The van der Waals surface area contributed by atoms with Gasteiger partial charge in [-0.05, 0) is 37.5 Å². The van der Waals surface area contributed by atoms with Crippen LogP contribution in [0.1, 0.15) is 43.0 Å². The molecular weight excluding hydrogens is 367 g/mol. The number of unbranched alkanes of at least 4 members (excludes halogenated alkanes) is 1. The van der Waals surface area contributed by atoms with E-state index in [1.807, 2.05) is 30.3 Å². The van der Waals surface area contributed by atoms with Crippen molar-refractivity contribution in [2.45, 2.75) is 38.6 Å². The van der Waals surface area contributed by atoms with Crippen LogP contribution >= 0.6 is 0 Å². The maximum absolute atomic E-state index is 14.5. The van der Waals surface area contributed by atoms with Crippen LogP contribution in [-0.2, 0) is 0 Å². The van der Waals surface area contributed by atoms with Crippen LogP contribution < -0.4 is 16.0 Å². The highest BCUT2D eigenvalue weighted by Gasteiger charge is 2.26. The molecule has 3 N–H and O–H groups in total. The van der Waals surface area contributed by atoms with Crippen molar-refractivity contribution in [3.8, 4) is 0 Å². The Balaban J connectivity index is 1.79. The first-order chi connectivity index (χ1) is 14.2. The molecule has 0 aliphatic heterocycles. The van der Waals surface area contributed by atoms with Crippen molar-refractivity contribution >= 4 is 33.9 Å². The molecular formula is C23H25FN4O. The first-order valence-corrected chi connectivity index (χ1v) is 10.1. The van der Waals surface area contributed by atoms with Crippen molar-refractivity contribution in [2.24, 2.45) is 0 Å². The molecule has 150 valence electrons. The van der Waals surface area contributed by atoms with Gasteiger partial charge in [-0.25, -0.2) is 4.39 Å². The standard InChI is InChI=1S/C23H25FN4O/c1-2-3-11-25-21-12-17-20(13-19(21)24)26-14-18(23(29)28-16-9-10-16)22(17)27-15-7-5-4-6-8-15/h4-8,12-14,16,25H,2-3,9-11H2,1H3,(H,26,27)(H,28,29). The number of fused-ring (bicyclic) bond motifs is 1. The highest BCUT2D eigenvalue weighted by molar-refractivity contribution is 6.08. The smallest absolute Gasteiger partial charge is 0.255 e. The van der Waals surface area contributed by atoms with E-state index >= 15 is 0 Å². The van der Waals surface area contributed by atoms with Crippen molar-refractivity contribution in [3.05, 3.63) is 60.0 Å². The molecule has 0 radical (unpaired) electrons. The third kappa shape index (κ3) is 4.47. The predicted molar refractivity (Wildman–Crippen MR) is 115 cm³/mol. The number of hydrogen-bond donors (Lipinski definition) is 3. The lowest BCUT2D eigenvalue weighted by molar-refractivity contribution is 0.0951. The Morgan fingerprint density at radius 3 is 2.72 bits per heavy atom. The summed E-state index contributed by atoms with van der Waals surface area (Å²) < 4.78 is 14.5. The minimum atomic E-state index is -0.345. The first kappa shape index (κ1) is 19.2. The molecule has 6 heteroatoms. The molecule has 0 bridgehead atoms. The summed E-state index contributed by atoms with van der Waals surface area (Å²) in [6.07, 6.45) is 5.51. The van der Waals surface area contributed by atoms with E-state index in [0.29, 0.717) is 34.4 Å². The molecule has 1 aromatic heterocycles. The molecule has 0 spiro atoms. The lowest BCUT2D eigenvalue weighted by Gasteiger charge is -2.16. The van der Waals surface area contributed by atoms with Crippen LogP contribution in [0.5, 0.6) is 0 Å². The number of amides is 1. The summed E-state index contributed by atoms with van der Waals surface area (Å²) >= 11 is 0. The van der Waals surface area contributed by atoms with Crippen molar-refractivity contribution in [1.29, 1.82) is 0 Å². The van der Waals surface area contributed by atoms with Crippen LogP contribution in [0.15, 0.2) is 48.7 Å². The van der Waals surface area contributed by atoms with Crippen LogP contribution in [0.2, 0.25) is 0 Å².